The zero-order valence-corrected chi connectivity index (χ0v) is 13.0. The molecule has 3 heteroatoms. The number of ether oxygens (including phenoxy) is 1. The molecule has 0 spiro atoms. The molecule has 3 aliphatic rings. The molecule has 3 nitrogen and oxygen atoms in total. The fraction of sp³-hybridized carbons (Fsp3) is 1.00. The van der Waals surface area contributed by atoms with Crippen molar-refractivity contribution >= 4 is 0 Å². The molecule has 1 aliphatic carbocycles. The van der Waals surface area contributed by atoms with E-state index in [1.54, 1.807) is 0 Å². The Bertz CT molecular complexity index is 317. The third-order valence-corrected chi connectivity index (χ3v) is 6.08. The lowest BCUT2D eigenvalue weighted by Gasteiger charge is -2.53. The summed E-state index contributed by atoms with van der Waals surface area (Å²) < 4.78 is 5.84. The van der Waals surface area contributed by atoms with Crippen LogP contribution in [0.5, 0.6) is 0 Å². The van der Waals surface area contributed by atoms with Gasteiger partial charge in [0.25, 0.3) is 0 Å². The summed E-state index contributed by atoms with van der Waals surface area (Å²) in [4.78, 5) is 2.62. The van der Waals surface area contributed by atoms with E-state index in [-0.39, 0.29) is 0 Å². The number of hydrogen-bond donors (Lipinski definition) is 1. The lowest BCUT2D eigenvalue weighted by Crippen LogP contribution is -2.64. The third-order valence-electron chi connectivity index (χ3n) is 6.08. The number of rotatable bonds is 4. The largest absolute Gasteiger partial charge is 0.378 e. The van der Waals surface area contributed by atoms with Gasteiger partial charge in [-0.05, 0) is 46.1 Å². The van der Waals surface area contributed by atoms with Crippen molar-refractivity contribution in [1.82, 2.24) is 10.2 Å². The lowest BCUT2D eigenvalue weighted by molar-refractivity contribution is -0.118. The van der Waals surface area contributed by atoms with E-state index in [0.717, 1.165) is 24.7 Å². The Balaban J connectivity index is 1.53. The predicted octanol–water partition coefficient (Wildman–Crippen LogP) is 2.40. The topological polar surface area (TPSA) is 24.5 Å². The van der Waals surface area contributed by atoms with Crippen LogP contribution < -0.4 is 5.32 Å². The van der Waals surface area contributed by atoms with Crippen molar-refractivity contribution in [3.05, 3.63) is 0 Å². The fourth-order valence-corrected chi connectivity index (χ4v) is 4.48. The van der Waals surface area contributed by atoms with Crippen molar-refractivity contribution in [2.75, 3.05) is 13.7 Å². The van der Waals surface area contributed by atoms with Crippen molar-refractivity contribution in [2.24, 2.45) is 5.41 Å². The van der Waals surface area contributed by atoms with Gasteiger partial charge in [0.2, 0.25) is 0 Å². The molecule has 0 radical (unpaired) electrons. The molecule has 0 aromatic carbocycles. The molecular weight excluding hydrogens is 236 g/mol. The molecule has 1 N–H and O–H groups in total. The van der Waals surface area contributed by atoms with E-state index in [0.29, 0.717) is 17.6 Å². The first-order chi connectivity index (χ1) is 9.02. The molecule has 3 fully saturated rings. The van der Waals surface area contributed by atoms with Gasteiger partial charge < -0.3 is 15.0 Å². The standard InChI is InChI=1S/C16H30N2O/c1-5-19-15-10-14(16(15,2)3)17-11-8-12-6-7-13(9-11)18(12)4/h11-15,17H,5-10H2,1-4H3. The van der Waals surface area contributed by atoms with Gasteiger partial charge in [0, 0.05) is 36.2 Å². The summed E-state index contributed by atoms with van der Waals surface area (Å²) in [6, 6.07) is 3.06. The van der Waals surface area contributed by atoms with Crippen LogP contribution in [0.1, 0.15) is 52.9 Å². The van der Waals surface area contributed by atoms with Crippen LogP contribution in [0.4, 0.5) is 0 Å². The molecule has 0 aromatic heterocycles. The summed E-state index contributed by atoms with van der Waals surface area (Å²) in [6.45, 7) is 7.67. The molecule has 3 rings (SSSR count). The summed E-state index contributed by atoms with van der Waals surface area (Å²) in [5.41, 5.74) is 0.304. The van der Waals surface area contributed by atoms with E-state index in [1.165, 1.54) is 32.1 Å². The second-order valence-corrected chi connectivity index (χ2v) is 7.44. The first-order valence-corrected chi connectivity index (χ1v) is 8.12. The van der Waals surface area contributed by atoms with Gasteiger partial charge in [-0.3, -0.25) is 0 Å². The Morgan fingerprint density at radius 1 is 1.16 bits per heavy atom. The summed E-state index contributed by atoms with van der Waals surface area (Å²) in [6.07, 6.45) is 7.17. The van der Waals surface area contributed by atoms with Crippen LogP contribution in [0.3, 0.4) is 0 Å². The number of piperidine rings is 1. The Morgan fingerprint density at radius 2 is 1.79 bits per heavy atom. The molecular formula is C16H30N2O. The molecule has 2 saturated heterocycles. The summed E-state index contributed by atoms with van der Waals surface area (Å²) >= 11 is 0. The molecule has 1 saturated carbocycles. The first kappa shape index (κ1) is 13.8. The highest BCUT2D eigenvalue weighted by molar-refractivity contribution is 5.05. The molecule has 0 amide bonds. The summed E-state index contributed by atoms with van der Waals surface area (Å²) in [5.74, 6) is 0. The van der Waals surface area contributed by atoms with Crippen molar-refractivity contribution in [1.29, 1.82) is 0 Å². The molecule has 0 aromatic rings. The van der Waals surface area contributed by atoms with Crippen molar-refractivity contribution in [2.45, 2.75) is 83.1 Å². The molecule has 2 heterocycles. The second kappa shape index (κ2) is 5.01. The number of hydrogen-bond acceptors (Lipinski definition) is 3. The average Bonchev–Trinajstić information content (AvgIpc) is 2.61. The number of fused-ring (bicyclic) bond motifs is 2. The van der Waals surface area contributed by atoms with E-state index >= 15 is 0 Å². The van der Waals surface area contributed by atoms with Crippen molar-refractivity contribution in [3.63, 3.8) is 0 Å². The van der Waals surface area contributed by atoms with Gasteiger partial charge in [-0.15, -0.1) is 0 Å². The maximum Gasteiger partial charge on any atom is 0.0655 e. The van der Waals surface area contributed by atoms with Gasteiger partial charge in [0.05, 0.1) is 6.10 Å². The molecule has 2 aliphatic heterocycles. The van der Waals surface area contributed by atoms with E-state index in [2.05, 4.69) is 38.0 Å². The van der Waals surface area contributed by atoms with E-state index in [1.807, 2.05) is 0 Å². The number of nitrogens with one attached hydrogen (secondary N) is 1. The molecule has 110 valence electrons. The van der Waals surface area contributed by atoms with Crippen LogP contribution in [0.25, 0.3) is 0 Å². The molecule has 4 atom stereocenters. The van der Waals surface area contributed by atoms with Crippen LogP contribution in [-0.4, -0.2) is 48.8 Å². The van der Waals surface area contributed by atoms with Crippen LogP contribution in [0, 0.1) is 5.41 Å². The highest BCUT2D eigenvalue weighted by Crippen LogP contribution is 2.44. The number of nitrogens with zero attached hydrogens (tertiary/aromatic N) is 1. The fourth-order valence-electron chi connectivity index (χ4n) is 4.48. The Labute approximate surface area is 118 Å². The maximum atomic E-state index is 5.84. The maximum absolute atomic E-state index is 5.84. The monoisotopic (exact) mass is 266 g/mol. The highest BCUT2D eigenvalue weighted by Gasteiger charge is 2.50. The minimum atomic E-state index is 0.304. The second-order valence-electron chi connectivity index (χ2n) is 7.44. The lowest BCUT2D eigenvalue weighted by atomic mass is 9.64. The third kappa shape index (κ3) is 2.34. The van der Waals surface area contributed by atoms with Crippen LogP contribution >= 0.6 is 0 Å². The van der Waals surface area contributed by atoms with E-state index in [9.17, 15) is 0 Å². The SMILES string of the molecule is CCOC1CC(NC2CC3CCC(C2)N3C)C1(C)C. The van der Waals surface area contributed by atoms with Crippen molar-refractivity contribution in [3.8, 4) is 0 Å². The summed E-state index contributed by atoms with van der Waals surface area (Å²) in [7, 11) is 2.32. The Kier molecular flexibility index (Phi) is 3.65. The Hall–Kier alpha value is -0.120. The van der Waals surface area contributed by atoms with Gasteiger partial charge in [0.15, 0.2) is 0 Å². The van der Waals surface area contributed by atoms with Crippen LogP contribution in [-0.2, 0) is 4.74 Å². The van der Waals surface area contributed by atoms with Crippen LogP contribution in [0.2, 0.25) is 0 Å². The van der Waals surface area contributed by atoms with E-state index in [4.69, 9.17) is 4.74 Å². The van der Waals surface area contributed by atoms with Gasteiger partial charge in [-0.2, -0.15) is 0 Å². The molecule has 4 unspecified atom stereocenters. The normalized spacial score (nSPS) is 45.2. The smallest absolute Gasteiger partial charge is 0.0655 e. The van der Waals surface area contributed by atoms with Crippen LogP contribution in [0.15, 0.2) is 0 Å². The zero-order valence-electron chi connectivity index (χ0n) is 13.0. The van der Waals surface area contributed by atoms with Gasteiger partial charge >= 0.3 is 0 Å². The van der Waals surface area contributed by atoms with Gasteiger partial charge in [-0.25, -0.2) is 0 Å². The zero-order chi connectivity index (χ0) is 13.6. The average molecular weight is 266 g/mol. The minimum absolute atomic E-state index is 0.304. The Morgan fingerprint density at radius 3 is 2.32 bits per heavy atom. The molecule has 19 heavy (non-hydrogen) atoms. The summed E-state index contributed by atoms with van der Waals surface area (Å²) in [5, 5.41) is 3.95. The van der Waals surface area contributed by atoms with Gasteiger partial charge in [0.1, 0.15) is 0 Å². The van der Waals surface area contributed by atoms with E-state index < -0.39 is 0 Å². The predicted molar refractivity (Wildman–Crippen MR) is 78.3 cm³/mol. The van der Waals surface area contributed by atoms with Gasteiger partial charge in [-0.1, -0.05) is 13.8 Å². The minimum Gasteiger partial charge on any atom is -0.378 e. The van der Waals surface area contributed by atoms with Crippen molar-refractivity contribution < 1.29 is 4.74 Å². The quantitative estimate of drug-likeness (QED) is 0.845. The molecule has 2 bridgehead atoms. The highest BCUT2D eigenvalue weighted by atomic mass is 16.5. The first-order valence-electron chi connectivity index (χ1n) is 8.12.